The van der Waals surface area contributed by atoms with E-state index in [1.54, 1.807) is 0 Å². The molecule has 0 aromatic carbocycles. The van der Waals surface area contributed by atoms with E-state index < -0.39 is 0 Å². The Morgan fingerprint density at radius 3 is 2.41 bits per heavy atom. The second-order valence-corrected chi connectivity index (χ2v) is 11.5. The van der Waals surface area contributed by atoms with Crippen molar-refractivity contribution in [2.24, 2.45) is 58.0 Å². The summed E-state index contributed by atoms with van der Waals surface area (Å²) in [5, 5.41) is 0. The molecule has 154 valence electrons. The monoisotopic (exact) mass is 373 g/mol. The van der Waals surface area contributed by atoms with Crippen molar-refractivity contribution in [2.75, 3.05) is 0 Å². The van der Waals surface area contributed by atoms with Crippen LogP contribution in [-0.2, 0) is 4.79 Å². The van der Waals surface area contributed by atoms with Crippen molar-refractivity contribution in [2.45, 2.75) is 98.3 Å². The average molecular weight is 374 g/mol. The molecule has 0 aliphatic heterocycles. The second-order valence-electron chi connectivity index (χ2n) is 11.5. The first-order valence-electron chi connectivity index (χ1n) is 12.1. The van der Waals surface area contributed by atoms with Gasteiger partial charge in [0.25, 0.3) is 0 Å². The summed E-state index contributed by atoms with van der Waals surface area (Å²) in [7, 11) is 0. The summed E-state index contributed by atoms with van der Waals surface area (Å²) in [6, 6.07) is 0. The smallest absolute Gasteiger partial charge is 0.220 e. The van der Waals surface area contributed by atoms with Gasteiger partial charge in [-0.3, -0.25) is 4.79 Å². The number of rotatable bonds is 4. The largest absolute Gasteiger partial charge is 0.369 e. The molecule has 4 fully saturated rings. The lowest BCUT2D eigenvalue weighted by molar-refractivity contribution is -0.139. The van der Waals surface area contributed by atoms with Crippen molar-refractivity contribution < 1.29 is 4.79 Å². The Labute approximate surface area is 167 Å². The summed E-state index contributed by atoms with van der Waals surface area (Å²) in [5.74, 6) is 5.47. The number of fused-ring (bicyclic) bond motifs is 5. The number of nitrogens with two attached hydrogens (primary N) is 1. The highest BCUT2D eigenvalue weighted by atomic mass is 16.1. The molecule has 0 saturated heterocycles. The first kappa shape index (κ1) is 19.8. The Hall–Kier alpha value is -0.530. The predicted molar refractivity (Wildman–Crippen MR) is 112 cm³/mol. The third-order valence-corrected chi connectivity index (χ3v) is 10.5. The van der Waals surface area contributed by atoms with E-state index in [0.29, 0.717) is 10.8 Å². The third kappa shape index (κ3) is 2.99. The highest BCUT2D eigenvalue weighted by molar-refractivity contribution is 5.76. The molecule has 2 heteroatoms. The maximum atomic E-state index is 12.0. The molecule has 0 spiro atoms. The fourth-order valence-electron chi connectivity index (χ4n) is 9.24. The van der Waals surface area contributed by atoms with E-state index in [0.717, 1.165) is 48.3 Å². The van der Waals surface area contributed by atoms with Gasteiger partial charge in [0.1, 0.15) is 0 Å². The predicted octanol–water partition coefficient (Wildman–Crippen LogP) is 6.18. The number of hydrogen-bond acceptors (Lipinski definition) is 1. The lowest BCUT2D eigenvalue weighted by atomic mass is 9.43. The van der Waals surface area contributed by atoms with E-state index in [9.17, 15) is 4.79 Å². The Morgan fingerprint density at radius 2 is 1.70 bits per heavy atom. The van der Waals surface area contributed by atoms with Gasteiger partial charge in [0.15, 0.2) is 0 Å². The van der Waals surface area contributed by atoms with Gasteiger partial charge < -0.3 is 5.73 Å². The highest BCUT2D eigenvalue weighted by Gasteiger charge is 2.60. The lowest BCUT2D eigenvalue weighted by Gasteiger charge is -2.61. The third-order valence-electron chi connectivity index (χ3n) is 10.5. The fourth-order valence-corrected chi connectivity index (χ4v) is 9.24. The van der Waals surface area contributed by atoms with Crippen LogP contribution in [0, 0.1) is 52.3 Å². The van der Waals surface area contributed by atoms with Gasteiger partial charge in [-0.1, -0.05) is 40.5 Å². The molecular weight excluding hydrogens is 330 g/mol. The average Bonchev–Trinajstić information content (AvgIpc) is 2.98. The molecule has 4 aliphatic carbocycles. The van der Waals surface area contributed by atoms with Crippen LogP contribution >= 0.6 is 0 Å². The molecule has 4 rings (SSSR count). The van der Waals surface area contributed by atoms with Gasteiger partial charge in [-0.2, -0.15) is 0 Å². The summed E-state index contributed by atoms with van der Waals surface area (Å²) in [5.41, 5.74) is 6.71. The standard InChI is InChI=1S/C25H43NO/c1-5-6-16(2)20-11-12-21-19-10-9-18-8-7-17(23(26)27)15-25(18,4)22(19)13-14-24(20,21)3/h16-22H,5-15H2,1-4H3,(H2,26,27)/t16-,17?,18?,19+,20-,21+,22+,24-,25+/m1/s1. The molecule has 0 aromatic heterocycles. The minimum Gasteiger partial charge on any atom is -0.369 e. The van der Waals surface area contributed by atoms with Crippen molar-refractivity contribution in [3.63, 3.8) is 0 Å². The molecule has 2 nitrogen and oxygen atoms in total. The van der Waals surface area contributed by atoms with E-state index in [1.807, 2.05) is 0 Å². The van der Waals surface area contributed by atoms with Crippen molar-refractivity contribution in [3.8, 4) is 0 Å². The maximum absolute atomic E-state index is 12.0. The SMILES string of the molecule is CCC[C@@H](C)[C@H]1CC[C@H]2[C@@H]3CCC4CCC(C(N)=O)C[C@]4(C)[C@H]3CC[C@]12C. The van der Waals surface area contributed by atoms with Gasteiger partial charge in [-0.15, -0.1) is 0 Å². The van der Waals surface area contributed by atoms with E-state index in [1.165, 1.54) is 57.8 Å². The Balaban J connectivity index is 1.57. The topological polar surface area (TPSA) is 43.1 Å². The zero-order valence-electron chi connectivity index (χ0n) is 18.3. The first-order valence-corrected chi connectivity index (χ1v) is 12.1. The molecule has 27 heavy (non-hydrogen) atoms. The molecule has 2 N–H and O–H groups in total. The first-order chi connectivity index (χ1) is 12.8. The van der Waals surface area contributed by atoms with Crippen LogP contribution in [0.3, 0.4) is 0 Å². The van der Waals surface area contributed by atoms with Crippen molar-refractivity contribution in [3.05, 3.63) is 0 Å². The van der Waals surface area contributed by atoms with Gasteiger partial charge in [0, 0.05) is 5.92 Å². The lowest BCUT2D eigenvalue weighted by Crippen LogP contribution is -2.54. The Morgan fingerprint density at radius 1 is 1.00 bits per heavy atom. The molecule has 2 unspecified atom stereocenters. The van der Waals surface area contributed by atoms with Gasteiger partial charge >= 0.3 is 0 Å². The zero-order chi connectivity index (χ0) is 19.4. The van der Waals surface area contributed by atoms with Crippen LogP contribution < -0.4 is 5.73 Å². The van der Waals surface area contributed by atoms with Crippen LogP contribution in [-0.4, -0.2) is 5.91 Å². The normalized spacial score (nSPS) is 50.4. The van der Waals surface area contributed by atoms with Crippen molar-refractivity contribution >= 4 is 5.91 Å². The Kier molecular flexibility index (Phi) is 5.17. The van der Waals surface area contributed by atoms with Crippen molar-refractivity contribution in [1.29, 1.82) is 0 Å². The van der Waals surface area contributed by atoms with Crippen LogP contribution in [0.15, 0.2) is 0 Å². The summed E-state index contributed by atoms with van der Waals surface area (Å²) in [4.78, 5) is 12.0. The summed E-state index contributed by atoms with van der Waals surface area (Å²) < 4.78 is 0. The molecule has 4 saturated carbocycles. The quantitative estimate of drug-likeness (QED) is 0.628. The molecule has 0 heterocycles. The molecule has 0 bridgehead atoms. The van der Waals surface area contributed by atoms with E-state index in [4.69, 9.17) is 5.73 Å². The Bertz CT molecular complexity index is 573. The number of carbonyl (C=O) groups is 1. The molecule has 0 radical (unpaired) electrons. The minimum atomic E-state index is -0.0354. The molecule has 0 aromatic rings. The summed E-state index contributed by atoms with van der Waals surface area (Å²) in [6.07, 6.45) is 14.7. The van der Waals surface area contributed by atoms with Crippen LogP contribution in [0.5, 0.6) is 0 Å². The highest BCUT2D eigenvalue weighted by Crippen LogP contribution is 2.68. The zero-order valence-corrected chi connectivity index (χ0v) is 18.3. The number of carbonyl (C=O) groups excluding carboxylic acids is 1. The number of hydrogen-bond donors (Lipinski definition) is 1. The van der Waals surface area contributed by atoms with Crippen molar-refractivity contribution in [1.82, 2.24) is 0 Å². The van der Waals surface area contributed by atoms with Crippen LogP contribution in [0.4, 0.5) is 0 Å². The van der Waals surface area contributed by atoms with E-state index >= 15 is 0 Å². The maximum Gasteiger partial charge on any atom is 0.220 e. The molecule has 4 aliphatic rings. The van der Waals surface area contributed by atoms with Gasteiger partial charge in [-0.05, 0) is 104 Å². The summed E-state index contributed by atoms with van der Waals surface area (Å²) in [6.45, 7) is 10.1. The second kappa shape index (κ2) is 7.06. The number of primary amides is 1. The van der Waals surface area contributed by atoms with E-state index in [-0.39, 0.29) is 11.8 Å². The fraction of sp³-hybridized carbons (Fsp3) is 0.960. The molecule has 9 atom stereocenters. The molecular formula is C25H43NO. The van der Waals surface area contributed by atoms with Gasteiger partial charge in [0.05, 0.1) is 0 Å². The van der Waals surface area contributed by atoms with Gasteiger partial charge in [0.2, 0.25) is 5.91 Å². The van der Waals surface area contributed by atoms with Gasteiger partial charge in [-0.25, -0.2) is 0 Å². The van der Waals surface area contributed by atoms with Crippen LogP contribution in [0.2, 0.25) is 0 Å². The van der Waals surface area contributed by atoms with Crippen LogP contribution in [0.25, 0.3) is 0 Å². The molecule has 1 amide bonds. The minimum absolute atomic E-state index is 0.0354. The van der Waals surface area contributed by atoms with Crippen LogP contribution in [0.1, 0.15) is 98.3 Å². The summed E-state index contributed by atoms with van der Waals surface area (Å²) >= 11 is 0. The number of amides is 1. The van der Waals surface area contributed by atoms with E-state index in [2.05, 4.69) is 27.7 Å².